The molecule has 0 spiro atoms. The molecule has 0 bridgehead atoms. The number of nitrogens with one attached hydrogen (secondary N) is 1. The third-order valence-corrected chi connectivity index (χ3v) is 9.22. The quantitative estimate of drug-likeness (QED) is 0.172. The van der Waals surface area contributed by atoms with Crippen LogP contribution in [0.4, 0.5) is 5.69 Å². The maximum absolute atomic E-state index is 14.5. The molecule has 1 N–H and O–H groups in total. The zero-order valence-corrected chi connectivity index (χ0v) is 27.7. The van der Waals surface area contributed by atoms with Crippen molar-refractivity contribution in [2.75, 3.05) is 24.0 Å². The molecule has 0 unspecified atom stereocenters. The van der Waals surface area contributed by atoms with Crippen molar-refractivity contribution in [3.63, 3.8) is 0 Å². The number of aryl methyl sites for hydroxylation is 1. The summed E-state index contributed by atoms with van der Waals surface area (Å²) < 4.78 is 35.0. The molecule has 0 fully saturated rings. The van der Waals surface area contributed by atoms with Crippen LogP contribution in [0, 0.1) is 12.8 Å². The third kappa shape index (κ3) is 9.20. The van der Waals surface area contributed by atoms with Crippen LogP contribution in [0.2, 0.25) is 0 Å². The summed E-state index contributed by atoms with van der Waals surface area (Å²) in [7, 11) is -4.19. The molecule has 0 aliphatic carbocycles. The summed E-state index contributed by atoms with van der Waals surface area (Å²) in [6.07, 6.45) is 0.263. The normalized spacial score (nSPS) is 11.9. The topological polar surface area (TPSA) is 96.0 Å². The summed E-state index contributed by atoms with van der Waals surface area (Å²) in [6.45, 7) is 8.34. The molecule has 0 saturated heterocycles. The van der Waals surface area contributed by atoms with Gasteiger partial charge in [0, 0.05) is 19.5 Å². The highest BCUT2D eigenvalue weighted by molar-refractivity contribution is 7.92. The Morgan fingerprint density at radius 3 is 2.07 bits per heavy atom. The predicted molar refractivity (Wildman–Crippen MR) is 182 cm³/mol. The fourth-order valence-electron chi connectivity index (χ4n) is 5.11. The van der Waals surface area contributed by atoms with Crippen molar-refractivity contribution in [2.24, 2.45) is 5.92 Å². The number of carbonyl (C=O) groups excluding carboxylic acids is 2. The van der Waals surface area contributed by atoms with E-state index in [2.05, 4.69) is 5.32 Å². The fraction of sp³-hybridized carbons (Fsp3) is 0.297. The summed E-state index contributed by atoms with van der Waals surface area (Å²) >= 11 is 0. The zero-order chi connectivity index (χ0) is 33.1. The molecule has 242 valence electrons. The maximum atomic E-state index is 14.5. The zero-order valence-electron chi connectivity index (χ0n) is 26.9. The van der Waals surface area contributed by atoms with Crippen LogP contribution in [0.1, 0.15) is 37.5 Å². The number of benzene rings is 4. The molecule has 0 aromatic heterocycles. The summed E-state index contributed by atoms with van der Waals surface area (Å²) in [6, 6.07) is 31.1. The predicted octanol–water partition coefficient (Wildman–Crippen LogP) is 6.00. The van der Waals surface area contributed by atoms with Gasteiger partial charge in [-0.15, -0.1) is 0 Å². The van der Waals surface area contributed by atoms with Crippen LogP contribution >= 0.6 is 0 Å². The molecule has 1 atom stereocenters. The van der Waals surface area contributed by atoms with E-state index in [1.807, 2.05) is 82.3 Å². The van der Waals surface area contributed by atoms with Crippen molar-refractivity contribution in [2.45, 2.75) is 51.6 Å². The van der Waals surface area contributed by atoms with Gasteiger partial charge in [-0.05, 0) is 67.3 Å². The molecule has 8 nitrogen and oxygen atoms in total. The van der Waals surface area contributed by atoms with E-state index in [1.54, 1.807) is 42.5 Å². The van der Waals surface area contributed by atoms with E-state index in [0.717, 1.165) is 21.0 Å². The monoisotopic (exact) mass is 641 g/mol. The van der Waals surface area contributed by atoms with Gasteiger partial charge in [0.15, 0.2) is 0 Å². The van der Waals surface area contributed by atoms with Crippen molar-refractivity contribution in [1.29, 1.82) is 0 Å². The van der Waals surface area contributed by atoms with E-state index >= 15 is 0 Å². The SMILES string of the molecule is CCOc1ccc(S(=O)(=O)N(CC(=O)N(Cc2cccc(C)c2)[C@@H](Cc2ccccc2)C(=O)NCC(C)C)c2ccccc2)cc1. The minimum Gasteiger partial charge on any atom is -0.494 e. The van der Waals surface area contributed by atoms with Crippen LogP contribution in [-0.2, 0) is 32.6 Å². The van der Waals surface area contributed by atoms with E-state index in [0.29, 0.717) is 24.6 Å². The first-order chi connectivity index (χ1) is 22.1. The van der Waals surface area contributed by atoms with E-state index in [1.165, 1.54) is 17.0 Å². The third-order valence-electron chi connectivity index (χ3n) is 7.44. The second-order valence-corrected chi connectivity index (χ2v) is 13.5. The highest BCUT2D eigenvalue weighted by Gasteiger charge is 2.34. The molecule has 0 aliphatic heterocycles. The summed E-state index contributed by atoms with van der Waals surface area (Å²) in [5.41, 5.74) is 3.07. The summed E-state index contributed by atoms with van der Waals surface area (Å²) in [5, 5.41) is 3.02. The van der Waals surface area contributed by atoms with Crippen LogP contribution in [0.5, 0.6) is 5.75 Å². The second kappa shape index (κ2) is 16.1. The largest absolute Gasteiger partial charge is 0.494 e. The lowest BCUT2D eigenvalue weighted by Gasteiger charge is -2.34. The highest BCUT2D eigenvalue weighted by atomic mass is 32.2. The molecule has 4 rings (SSSR count). The Labute approximate surface area is 273 Å². The lowest BCUT2D eigenvalue weighted by atomic mass is 10.0. The Bertz CT molecular complexity index is 1680. The van der Waals surface area contributed by atoms with Crippen molar-refractivity contribution < 1.29 is 22.7 Å². The van der Waals surface area contributed by atoms with Gasteiger partial charge in [0.05, 0.1) is 17.2 Å². The lowest BCUT2D eigenvalue weighted by molar-refractivity contribution is -0.140. The van der Waals surface area contributed by atoms with Crippen LogP contribution < -0.4 is 14.4 Å². The number of hydrogen-bond donors (Lipinski definition) is 1. The second-order valence-electron chi connectivity index (χ2n) is 11.6. The van der Waals surface area contributed by atoms with Gasteiger partial charge in [-0.2, -0.15) is 0 Å². The molecule has 0 heterocycles. The Kier molecular flexibility index (Phi) is 12.0. The molecule has 46 heavy (non-hydrogen) atoms. The Morgan fingerprint density at radius 1 is 0.826 bits per heavy atom. The Hall–Kier alpha value is -4.63. The van der Waals surface area contributed by atoms with Gasteiger partial charge in [-0.25, -0.2) is 8.42 Å². The van der Waals surface area contributed by atoms with Gasteiger partial charge in [0.2, 0.25) is 11.8 Å². The van der Waals surface area contributed by atoms with E-state index in [4.69, 9.17) is 4.74 Å². The van der Waals surface area contributed by atoms with Gasteiger partial charge >= 0.3 is 0 Å². The number of nitrogens with zero attached hydrogens (tertiary/aromatic N) is 2. The molecular weight excluding hydrogens is 598 g/mol. The molecular formula is C37H43N3O5S. The number of sulfonamides is 1. The van der Waals surface area contributed by atoms with Crippen molar-refractivity contribution >= 4 is 27.5 Å². The number of carbonyl (C=O) groups is 2. The van der Waals surface area contributed by atoms with Crippen LogP contribution in [0.3, 0.4) is 0 Å². The number of para-hydroxylation sites is 1. The lowest BCUT2D eigenvalue weighted by Crippen LogP contribution is -2.53. The smallest absolute Gasteiger partial charge is 0.264 e. The number of hydrogen-bond acceptors (Lipinski definition) is 5. The molecule has 0 radical (unpaired) electrons. The van der Waals surface area contributed by atoms with Crippen LogP contribution in [0.15, 0.2) is 114 Å². The molecule has 2 amide bonds. The summed E-state index contributed by atoms with van der Waals surface area (Å²) in [4.78, 5) is 29.9. The minimum absolute atomic E-state index is 0.0216. The number of amides is 2. The van der Waals surface area contributed by atoms with Gasteiger partial charge in [-0.1, -0.05) is 92.2 Å². The molecule has 4 aromatic rings. The average molecular weight is 642 g/mol. The average Bonchev–Trinajstić information content (AvgIpc) is 3.05. The molecule has 0 saturated carbocycles. The van der Waals surface area contributed by atoms with Crippen LogP contribution in [0.25, 0.3) is 0 Å². The minimum atomic E-state index is -4.19. The maximum Gasteiger partial charge on any atom is 0.264 e. The number of anilines is 1. The van der Waals surface area contributed by atoms with Crippen molar-refractivity contribution in [1.82, 2.24) is 10.2 Å². The number of ether oxygens (including phenoxy) is 1. The number of rotatable bonds is 15. The first-order valence-electron chi connectivity index (χ1n) is 15.6. The first kappa shape index (κ1) is 34.2. The first-order valence-corrected chi connectivity index (χ1v) is 17.0. The van der Waals surface area contributed by atoms with Gasteiger partial charge < -0.3 is 15.0 Å². The standard InChI is InChI=1S/C37H43N3O5S/c1-5-45-33-19-21-34(22-20-33)46(43,44)40(32-17-10-7-11-18-32)27-36(41)39(26-31-16-12-13-29(4)23-31)35(37(42)38-25-28(2)3)24-30-14-8-6-9-15-30/h6-23,28,35H,5,24-27H2,1-4H3,(H,38,42)/t35-/m0/s1. The Balaban J connectivity index is 1.77. The molecule has 4 aromatic carbocycles. The fourth-order valence-corrected chi connectivity index (χ4v) is 6.52. The summed E-state index contributed by atoms with van der Waals surface area (Å²) in [5.74, 6) is -0.0425. The van der Waals surface area contributed by atoms with E-state index in [-0.39, 0.29) is 29.7 Å². The Morgan fingerprint density at radius 2 is 1.46 bits per heavy atom. The highest BCUT2D eigenvalue weighted by Crippen LogP contribution is 2.26. The van der Waals surface area contributed by atoms with Gasteiger partial charge in [0.25, 0.3) is 10.0 Å². The molecule has 0 aliphatic rings. The van der Waals surface area contributed by atoms with E-state index < -0.39 is 28.5 Å². The van der Waals surface area contributed by atoms with Gasteiger partial charge in [-0.3, -0.25) is 13.9 Å². The van der Waals surface area contributed by atoms with Crippen molar-refractivity contribution in [3.8, 4) is 5.75 Å². The van der Waals surface area contributed by atoms with Crippen LogP contribution in [-0.4, -0.2) is 50.9 Å². The van der Waals surface area contributed by atoms with Gasteiger partial charge in [0.1, 0.15) is 18.3 Å². The van der Waals surface area contributed by atoms with Crippen molar-refractivity contribution in [3.05, 3.63) is 126 Å². The molecule has 9 heteroatoms. The van der Waals surface area contributed by atoms with E-state index in [9.17, 15) is 18.0 Å².